The van der Waals surface area contributed by atoms with E-state index in [1.165, 1.54) is 12.5 Å². The van der Waals surface area contributed by atoms with Crippen LogP contribution in [0.1, 0.15) is 48.0 Å². The van der Waals surface area contributed by atoms with Crippen LogP contribution in [0.15, 0.2) is 36.4 Å². The molecule has 0 saturated heterocycles. The number of aromatic hydroxyl groups is 1. The highest BCUT2D eigenvalue weighted by molar-refractivity contribution is 6.32. The van der Waals surface area contributed by atoms with Gasteiger partial charge in [-0.05, 0) is 49.6 Å². The smallest absolute Gasteiger partial charge is 0.255 e. The second-order valence-electron chi connectivity index (χ2n) is 6.48. The Bertz CT molecular complexity index is 749. The van der Waals surface area contributed by atoms with Crippen molar-refractivity contribution in [2.75, 3.05) is 0 Å². The second-order valence-corrected chi connectivity index (χ2v) is 6.88. The molecule has 2 aromatic carbocycles. The van der Waals surface area contributed by atoms with E-state index < -0.39 is 0 Å². The average Bonchev–Trinajstić information content (AvgIpc) is 2.60. The number of carbonyl (C=O) groups excluding carboxylic acids is 1. The first kappa shape index (κ1) is 17.6. The molecule has 0 radical (unpaired) electrons. The molecular formula is C20H22ClNO3. The predicted molar refractivity (Wildman–Crippen MR) is 98.7 cm³/mol. The molecule has 0 spiro atoms. The van der Waals surface area contributed by atoms with Gasteiger partial charge >= 0.3 is 0 Å². The molecule has 0 aliphatic heterocycles. The van der Waals surface area contributed by atoms with E-state index in [1.807, 2.05) is 19.1 Å². The summed E-state index contributed by atoms with van der Waals surface area (Å²) in [5.41, 5.74) is 1.11. The lowest BCUT2D eigenvalue weighted by molar-refractivity contribution is 0.0924. The minimum atomic E-state index is -0.272. The molecule has 4 nitrogen and oxygen atoms in total. The maximum Gasteiger partial charge on any atom is 0.255 e. The molecule has 0 atom stereocenters. The van der Waals surface area contributed by atoms with Crippen molar-refractivity contribution in [1.29, 1.82) is 0 Å². The van der Waals surface area contributed by atoms with Crippen LogP contribution in [0, 0.1) is 6.92 Å². The fourth-order valence-corrected chi connectivity index (χ4v) is 3.39. The molecule has 0 heterocycles. The zero-order chi connectivity index (χ0) is 17.8. The lowest BCUT2D eigenvalue weighted by Gasteiger charge is -2.23. The van der Waals surface area contributed by atoms with Crippen molar-refractivity contribution >= 4 is 17.5 Å². The van der Waals surface area contributed by atoms with E-state index in [9.17, 15) is 9.90 Å². The maximum absolute atomic E-state index is 12.5. The Labute approximate surface area is 152 Å². The number of hydrogen-bond acceptors (Lipinski definition) is 3. The van der Waals surface area contributed by atoms with Gasteiger partial charge in [0.15, 0.2) is 0 Å². The highest BCUT2D eigenvalue weighted by Gasteiger charge is 2.19. The summed E-state index contributed by atoms with van der Waals surface area (Å²) in [7, 11) is 0. The Morgan fingerprint density at radius 1 is 1.20 bits per heavy atom. The molecule has 1 amide bonds. The normalized spacial score (nSPS) is 15.0. The first-order valence-corrected chi connectivity index (χ1v) is 8.99. The van der Waals surface area contributed by atoms with Crippen molar-refractivity contribution in [3.63, 3.8) is 0 Å². The number of aryl methyl sites for hydroxylation is 1. The van der Waals surface area contributed by atoms with E-state index in [2.05, 4.69) is 5.32 Å². The number of phenols is 1. The zero-order valence-electron chi connectivity index (χ0n) is 14.2. The Kier molecular flexibility index (Phi) is 5.49. The summed E-state index contributed by atoms with van der Waals surface area (Å²) in [5.74, 6) is 0.679. The van der Waals surface area contributed by atoms with Gasteiger partial charge in [-0.25, -0.2) is 0 Å². The average molecular weight is 360 g/mol. The van der Waals surface area contributed by atoms with Crippen LogP contribution in [0.5, 0.6) is 17.2 Å². The van der Waals surface area contributed by atoms with Gasteiger partial charge in [-0.1, -0.05) is 43.0 Å². The molecule has 3 rings (SSSR count). The van der Waals surface area contributed by atoms with Crippen molar-refractivity contribution in [3.05, 3.63) is 52.5 Å². The Morgan fingerprint density at radius 2 is 1.96 bits per heavy atom. The topological polar surface area (TPSA) is 58.6 Å². The van der Waals surface area contributed by atoms with Crippen LogP contribution in [0.25, 0.3) is 0 Å². The molecule has 1 fully saturated rings. The summed E-state index contributed by atoms with van der Waals surface area (Å²) in [6.45, 7) is 1.90. The highest BCUT2D eigenvalue weighted by Crippen LogP contribution is 2.34. The Balaban J connectivity index is 1.79. The first-order chi connectivity index (χ1) is 12.0. The molecule has 132 valence electrons. The van der Waals surface area contributed by atoms with Crippen LogP contribution in [0.4, 0.5) is 0 Å². The quantitative estimate of drug-likeness (QED) is 0.787. The van der Waals surface area contributed by atoms with E-state index in [0.717, 1.165) is 31.2 Å². The number of rotatable bonds is 4. The summed E-state index contributed by atoms with van der Waals surface area (Å²) in [6.07, 6.45) is 5.46. The van der Waals surface area contributed by atoms with Crippen LogP contribution in [-0.2, 0) is 0 Å². The second kappa shape index (κ2) is 7.79. The lowest BCUT2D eigenvalue weighted by atomic mass is 9.95. The lowest BCUT2D eigenvalue weighted by Crippen LogP contribution is -2.36. The van der Waals surface area contributed by atoms with Gasteiger partial charge in [-0.15, -0.1) is 0 Å². The number of phenolic OH excluding ortho intramolecular Hbond substituents is 1. The monoisotopic (exact) mass is 359 g/mol. The summed E-state index contributed by atoms with van der Waals surface area (Å²) in [6, 6.07) is 10.3. The third kappa shape index (κ3) is 4.26. The fraction of sp³-hybridized carbons (Fsp3) is 0.350. The molecule has 0 bridgehead atoms. The molecule has 1 aliphatic rings. The van der Waals surface area contributed by atoms with Crippen LogP contribution in [0.3, 0.4) is 0 Å². The molecule has 1 aliphatic carbocycles. The van der Waals surface area contributed by atoms with Crippen molar-refractivity contribution in [3.8, 4) is 17.2 Å². The standard InChI is InChI=1S/C20H22ClNO3/c1-13-6-5-9-17(21)19(13)25-15-10-11-18(23)16(12-15)20(24)22-14-7-3-2-4-8-14/h5-6,9-12,14,23H,2-4,7-8H2,1H3,(H,22,24). The maximum atomic E-state index is 12.5. The van der Waals surface area contributed by atoms with Crippen molar-refractivity contribution < 1.29 is 14.6 Å². The largest absolute Gasteiger partial charge is 0.507 e. The molecule has 2 N–H and O–H groups in total. The van der Waals surface area contributed by atoms with E-state index in [0.29, 0.717) is 16.5 Å². The zero-order valence-corrected chi connectivity index (χ0v) is 15.0. The van der Waals surface area contributed by atoms with Gasteiger partial charge in [-0.3, -0.25) is 4.79 Å². The predicted octanol–water partition coefficient (Wildman–Crippen LogP) is 5.21. The third-order valence-electron chi connectivity index (χ3n) is 4.54. The molecule has 0 aromatic heterocycles. The van der Waals surface area contributed by atoms with Crippen LogP contribution in [0.2, 0.25) is 5.02 Å². The highest BCUT2D eigenvalue weighted by atomic mass is 35.5. The molecule has 25 heavy (non-hydrogen) atoms. The molecule has 0 unspecified atom stereocenters. The number of benzene rings is 2. The summed E-state index contributed by atoms with van der Waals surface area (Å²) in [5, 5.41) is 13.6. The van der Waals surface area contributed by atoms with Gasteiger partial charge < -0.3 is 15.2 Å². The minimum Gasteiger partial charge on any atom is -0.507 e. The number of amides is 1. The van der Waals surface area contributed by atoms with Crippen molar-refractivity contribution in [2.45, 2.75) is 45.1 Å². The van der Waals surface area contributed by atoms with E-state index in [4.69, 9.17) is 16.3 Å². The van der Waals surface area contributed by atoms with Crippen molar-refractivity contribution in [2.24, 2.45) is 0 Å². The molecule has 2 aromatic rings. The van der Waals surface area contributed by atoms with Gasteiger partial charge in [0.05, 0.1) is 10.6 Å². The number of para-hydroxylation sites is 1. The van der Waals surface area contributed by atoms with Gasteiger partial charge in [0.1, 0.15) is 17.2 Å². The Morgan fingerprint density at radius 3 is 2.68 bits per heavy atom. The first-order valence-electron chi connectivity index (χ1n) is 8.61. The van der Waals surface area contributed by atoms with Gasteiger partial charge in [0, 0.05) is 6.04 Å². The molecule has 5 heteroatoms. The Hall–Kier alpha value is -2.20. The van der Waals surface area contributed by atoms with Crippen LogP contribution >= 0.6 is 11.6 Å². The fourth-order valence-electron chi connectivity index (χ4n) is 3.13. The van der Waals surface area contributed by atoms with Crippen molar-refractivity contribution in [1.82, 2.24) is 5.32 Å². The third-order valence-corrected chi connectivity index (χ3v) is 4.83. The van der Waals surface area contributed by atoms with Gasteiger partial charge in [-0.2, -0.15) is 0 Å². The van der Waals surface area contributed by atoms with Crippen LogP contribution in [-0.4, -0.2) is 17.1 Å². The summed E-state index contributed by atoms with van der Waals surface area (Å²) < 4.78 is 5.85. The minimum absolute atomic E-state index is 0.0588. The van der Waals surface area contributed by atoms with Crippen LogP contribution < -0.4 is 10.1 Å². The number of halogens is 1. The summed E-state index contributed by atoms with van der Waals surface area (Å²) >= 11 is 6.19. The molecule has 1 saturated carbocycles. The van der Waals surface area contributed by atoms with Gasteiger partial charge in [0.25, 0.3) is 5.91 Å². The van der Waals surface area contributed by atoms with E-state index in [1.54, 1.807) is 18.2 Å². The van der Waals surface area contributed by atoms with E-state index >= 15 is 0 Å². The number of nitrogens with one attached hydrogen (secondary N) is 1. The summed E-state index contributed by atoms with van der Waals surface area (Å²) in [4.78, 5) is 12.5. The SMILES string of the molecule is Cc1cccc(Cl)c1Oc1ccc(O)c(C(=O)NC2CCCCC2)c1. The number of hydrogen-bond donors (Lipinski definition) is 2. The molecular weight excluding hydrogens is 338 g/mol. The number of carbonyl (C=O) groups is 1. The number of ether oxygens (including phenoxy) is 1. The van der Waals surface area contributed by atoms with Gasteiger partial charge in [0.2, 0.25) is 0 Å². The van der Waals surface area contributed by atoms with E-state index in [-0.39, 0.29) is 23.3 Å².